The average molecular weight is 192 g/mol. The van der Waals surface area contributed by atoms with Crippen LogP contribution in [0.5, 0.6) is 0 Å². The largest absolute Gasteiger partial charge is 0.299 e. The molecule has 0 aromatic heterocycles. The van der Waals surface area contributed by atoms with Gasteiger partial charge in [0, 0.05) is 5.56 Å². The van der Waals surface area contributed by atoms with Crippen LogP contribution in [-0.2, 0) is 10.2 Å². The molecule has 1 saturated carbocycles. The zero-order chi connectivity index (χ0) is 10.2. The van der Waals surface area contributed by atoms with Gasteiger partial charge in [0.05, 0.1) is 5.41 Å². The van der Waals surface area contributed by atoms with Gasteiger partial charge in [-0.25, -0.2) is 4.39 Å². The van der Waals surface area contributed by atoms with Crippen LogP contribution in [0.4, 0.5) is 4.39 Å². The number of hydrogen-bond acceptors (Lipinski definition) is 1. The predicted molar refractivity (Wildman–Crippen MR) is 52.6 cm³/mol. The number of hydrogen-bond donors (Lipinski definition) is 0. The summed E-state index contributed by atoms with van der Waals surface area (Å²) in [6, 6.07) is 6.61. The van der Waals surface area contributed by atoms with Crippen molar-refractivity contribution in [3.63, 3.8) is 0 Å². The number of rotatable bonds is 2. The van der Waals surface area contributed by atoms with E-state index in [4.69, 9.17) is 0 Å². The first-order valence-corrected chi connectivity index (χ1v) is 4.93. The molecule has 1 fully saturated rings. The van der Waals surface area contributed by atoms with Gasteiger partial charge >= 0.3 is 0 Å². The Bertz CT molecular complexity index is 366. The van der Waals surface area contributed by atoms with Crippen LogP contribution >= 0.6 is 0 Å². The number of ketones is 1. The van der Waals surface area contributed by atoms with Crippen molar-refractivity contribution in [2.24, 2.45) is 0 Å². The van der Waals surface area contributed by atoms with Gasteiger partial charge in [-0.15, -0.1) is 0 Å². The van der Waals surface area contributed by atoms with Gasteiger partial charge in [0.1, 0.15) is 11.6 Å². The standard InChI is InChI=1S/C12H13FO/c1-9(14)12(7-4-8-12)10-5-2-3-6-11(10)13/h2-3,5-6H,4,7-8H2,1H3. The minimum absolute atomic E-state index is 0.0915. The van der Waals surface area contributed by atoms with Gasteiger partial charge in [0.25, 0.3) is 0 Å². The van der Waals surface area contributed by atoms with E-state index in [0.29, 0.717) is 5.56 Å². The summed E-state index contributed by atoms with van der Waals surface area (Å²) in [7, 11) is 0. The van der Waals surface area contributed by atoms with E-state index in [0.717, 1.165) is 19.3 Å². The number of Topliss-reactive ketones (excluding diaryl/α,β-unsaturated/α-hetero) is 1. The Kier molecular flexibility index (Phi) is 2.14. The lowest BCUT2D eigenvalue weighted by Gasteiger charge is -2.40. The van der Waals surface area contributed by atoms with Crippen molar-refractivity contribution in [3.05, 3.63) is 35.6 Å². The van der Waals surface area contributed by atoms with Crippen LogP contribution in [0.25, 0.3) is 0 Å². The van der Waals surface area contributed by atoms with Crippen LogP contribution in [0.15, 0.2) is 24.3 Å². The van der Waals surface area contributed by atoms with Crippen molar-refractivity contribution >= 4 is 5.78 Å². The summed E-state index contributed by atoms with van der Waals surface area (Å²) in [4.78, 5) is 11.5. The molecule has 74 valence electrons. The molecule has 1 aromatic rings. The van der Waals surface area contributed by atoms with Gasteiger partial charge in [-0.2, -0.15) is 0 Å². The molecule has 0 heterocycles. The molecule has 0 bridgehead atoms. The lowest BCUT2D eigenvalue weighted by Crippen LogP contribution is -2.41. The van der Waals surface area contributed by atoms with Crippen molar-refractivity contribution in [2.45, 2.75) is 31.6 Å². The summed E-state index contributed by atoms with van der Waals surface area (Å²) in [5.74, 6) is -0.156. The van der Waals surface area contributed by atoms with Gasteiger partial charge < -0.3 is 0 Å². The first-order chi connectivity index (χ1) is 6.67. The monoisotopic (exact) mass is 192 g/mol. The Hall–Kier alpha value is -1.18. The third-order valence-electron chi connectivity index (χ3n) is 3.27. The molecule has 1 aliphatic rings. The normalized spacial score (nSPS) is 18.7. The van der Waals surface area contributed by atoms with Gasteiger partial charge in [-0.3, -0.25) is 4.79 Å². The Morgan fingerprint density at radius 1 is 1.36 bits per heavy atom. The second kappa shape index (κ2) is 3.19. The first kappa shape index (κ1) is 9.38. The van der Waals surface area contributed by atoms with Crippen molar-refractivity contribution < 1.29 is 9.18 Å². The summed E-state index contributed by atoms with van der Waals surface area (Å²) in [5.41, 5.74) is 0.0736. The third kappa shape index (κ3) is 1.17. The highest BCUT2D eigenvalue weighted by molar-refractivity contribution is 5.89. The molecule has 0 N–H and O–H groups in total. The maximum atomic E-state index is 13.5. The van der Waals surface area contributed by atoms with Crippen LogP contribution in [-0.4, -0.2) is 5.78 Å². The van der Waals surface area contributed by atoms with Crippen molar-refractivity contribution in [1.29, 1.82) is 0 Å². The maximum absolute atomic E-state index is 13.5. The van der Waals surface area contributed by atoms with E-state index in [2.05, 4.69) is 0 Å². The first-order valence-electron chi connectivity index (χ1n) is 4.93. The Labute approximate surface area is 82.9 Å². The van der Waals surface area contributed by atoms with E-state index in [1.54, 1.807) is 25.1 Å². The van der Waals surface area contributed by atoms with E-state index >= 15 is 0 Å². The average Bonchev–Trinajstić information content (AvgIpc) is 2.05. The summed E-state index contributed by atoms with van der Waals surface area (Å²) in [6.45, 7) is 1.56. The number of carbonyl (C=O) groups is 1. The number of carbonyl (C=O) groups excluding carboxylic acids is 1. The summed E-state index contributed by atoms with van der Waals surface area (Å²) in [5, 5.41) is 0. The maximum Gasteiger partial charge on any atom is 0.140 e. The van der Waals surface area contributed by atoms with Crippen molar-refractivity contribution in [3.8, 4) is 0 Å². The molecule has 0 atom stereocenters. The van der Waals surface area contributed by atoms with E-state index in [-0.39, 0.29) is 11.6 Å². The highest BCUT2D eigenvalue weighted by atomic mass is 19.1. The van der Waals surface area contributed by atoms with Crippen LogP contribution < -0.4 is 0 Å². The molecule has 0 radical (unpaired) electrons. The van der Waals surface area contributed by atoms with E-state index < -0.39 is 5.41 Å². The summed E-state index contributed by atoms with van der Waals surface area (Å²) < 4.78 is 13.5. The van der Waals surface area contributed by atoms with E-state index in [1.165, 1.54) is 6.07 Å². The minimum atomic E-state index is -0.509. The van der Waals surface area contributed by atoms with Crippen LogP contribution in [0.2, 0.25) is 0 Å². The molecule has 1 aromatic carbocycles. The minimum Gasteiger partial charge on any atom is -0.299 e. The topological polar surface area (TPSA) is 17.1 Å². The SMILES string of the molecule is CC(=O)C1(c2ccccc2F)CCC1. The molecule has 2 rings (SSSR count). The lowest BCUT2D eigenvalue weighted by molar-refractivity contribution is -0.125. The van der Waals surface area contributed by atoms with Gasteiger partial charge in [0.2, 0.25) is 0 Å². The number of benzene rings is 1. The zero-order valence-electron chi connectivity index (χ0n) is 8.22. The van der Waals surface area contributed by atoms with Crippen molar-refractivity contribution in [2.75, 3.05) is 0 Å². The molecule has 0 aliphatic heterocycles. The van der Waals surface area contributed by atoms with E-state index in [9.17, 15) is 9.18 Å². The Balaban J connectivity index is 2.47. The molecule has 0 spiro atoms. The van der Waals surface area contributed by atoms with E-state index in [1.807, 2.05) is 0 Å². The van der Waals surface area contributed by atoms with Gasteiger partial charge in [-0.05, 0) is 25.8 Å². The quantitative estimate of drug-likeness (QED) is 0.704. The molecule has 1 nitrogen and oxygen atoms in total. The third-order valence-corrected chi connectivity index (χ3v) is 3.27. The van der Waals surface area contributed by atoms with Crippen molar-refractivity contribution in [1.82, 2.24) is 0 Å². The van der Waals surface area contributed by atoms with Crippen LogP contribution in [0.1, 0.15) is 31.7 Å². The Morgan fingerprint density at radius 2 is 2.00 bits per heavy atom. The Morgan fingerprint density at radius 3 is 2.43 bits per heavy atom. The molecular formula is C12H13FO. The highest BCUT2D eigenvalue weighted by Gasteiger charge is 2.44. The second-order valence-electron chi connectivity index (χ2n) is 3.97. The second-order valence-corrected chi connectivity index (χ2v) is 3.97. The highest BCUT2D eigenvalue weighted by Crippen LogP contribution is 2.45. The molecule has 1 aliphatic carbocycles. The lowest BCUT2D eigenvalue weighted by atomic mass is 9.62. The fourth-order valence-electron chi connectivity index (χ4n) is 2.19. The van der Waals surface area contributed by atoms with Crippen LogP contribution in [0, 0.1) is 5.82 Å². The van der Waals surface area contributed by atoms with Gasteiger partial charge in [-0.1, -0.05) is 24.6 Å². The summed E-state index contributed by atoms with van der Waals surface area (Å²) in [6.07, 6.45) is 2.61. The molecule has 14 heavy (non-hydrogen) atoms. The van der Waals surface area contributed by atoms with Gasteiger partial charge in [0.15, 0.2) is 0 Å². The molecule has 0 unspecified atom stereocenters. The zero-order valence-corrected chi connectivity index (χ0v) is 8.22. The summed E-state index contributed by atoms with van der Waals surface area (Å²) >= 11 is 0. The van der Waals surface area contributed by atoms with Crippen LogP contribution in [0.3, 0.4) is 0 Å². The predicted octanol–water partition coefficient (Wildman–Crippen LogP) is 2.84. The molecule has 0 amide bonds. The fraction of sp³-hybridized carbons (Fsp3) is 0.417. The molecule has 0 saturated heterocycles. The molecular weight excluding hydrogens is 179 g/mol. The fourth-order valence-corrected chi connectivity index (χ4v) is 2.19. The smallest absolute Gasteiger partial charge is 0.140 e. The molecule has 2 heteroatoms. The number of halogens is 1.